The minimum atomic E-state index is 0.438. The van der Waals surface area contributed by atoms with E-state index in [0.717, 1.165) is 56.5 Å². The molecular formula is C16H27N3O2. The van der Waals surface area contributed by atoms with Crippen molar-refractivity contribution < 1.29 is 9.47 Å². The van der Waals surface area contributed by atoms with Crippen molar-refractivity contribution in [2.45, 2.75) is 33.4 Å². The van der Waals surface area contributed by atoms with Crippen LogP contribution < -0.4 is 10.1 Å². The summed E-state index contributed by atoms with van der Waals surface area (Å²) in [6.45, 7) is 12.3. The van der Waals surface area contributed by atoms with Crippen LogP contribution in [0, 0.1) is 6.92 Å². The van der Waals surface area contributed by atoms with Crippen LogP contribution in [0.5, 0.6) is 5.75 Å². The van der Waals surface area contributed by atoms with Gasteiger partial charge in [-0.05, 0) is 19.1 Å². The van der Waals surface area contributed by atoms with Crippen molar-refractivity contribution in [2.75, 3.05) is 39.5 Å². The number of aryl methyl sites for hydroxylation is 1. The molecule has 0 aliphatic carbocycles. The van der Waals surface area contributed by atoms with Crippen molar-refractivity contribution in [1.82, 2.24) is 15.2 Å². The molecule has 118 valence electrons. The number of pyridine rings is 1. The summed E-state index contributed by atoms with van der Waals surface area (Å²) < 4.78 is 11.3. The van der Waals surface area contributed by atoms with Crippen molar-refractivity contribution >= 4 is 0 Å². The average Bonchev–Trinajstić information content (AvgIpc) is 2.48. The molecule has 5 nitrogen and oxygen atoms in total. The number of ether oxygens (including phenoxy) is 2. The minimum Gasteiger partial charge on any atom is -0.490 e. The molecule has 1 aromatic heterocycles. The van der Waals surface area contributed by atoms with Gasteiger partial charge in [-0.2, -0.15) is 0 Å². The summed E-state index contributed by atoms with van der Waals surface area (Å²) in [6, 6.07) is 4.47. The van der Waals surface area contributed by atoms with Crippen LogP contribution in [0.15, 0.2) is 12.1 Å². The molecule has 0 radical (unpaired) electrons. The Labute approximate surface area is 127 Å². The zero-order valence-electron chi connectivity index (χ0n) is 13.4. The predicted octanol–water partition coefficient (Wildman–Crippen LogP) is 1.60. The third kappa shape index (κ3) is 5.61. The van der Waals surface area contributed by atoms with E-state index in [1.165, 1.54) is 0 Å². The lowest BCUT2D eigenvalue weighted by molar-refractivity contribution is 0.0321. The van der Waals surface area contributed by atoms with Gasteiger partial charge < -0.3 is 14.8 Å². The molecule has 0 bridgehead atoms. The van der Waals surface area contributed by atoms with E-state index in [4.69, 9.17) is 9.47 Å². The summed E-state index contributed by atoms with van der Waals surface area (Å²) in [5.74, 6) is 0.891. The molecular weight excluding hydrogens is 266 g/mol. The van der Waals surface area contributed by atoms with E-state index in [1.807, 2.05) is 19.1 Å². The van der Waals surface area contributed by atoms with E-state index in [2.05, 4.69) is 29.0 Å². The summed E-state index contributed by atoms with van der Waals surface area (Å²) in [5, 5.41) is 3.40. The molecule has 2 rings (SSSR count). The second-order valence-corrected chi connectivity index (χ2v) is 5.74. The van der Waals surface area contributed by atoms with E-state index in [-0.39, 0.29) is 0 Å². The second-order valence-electron chi connectivity index (χ2n) is 5.74. The number of rotatable bonds is 7. The van der Waals surface area contributed by atoms with Crippen LogP contribution in [-0.4, -0.2) is 55.4 Å². The fourth-order valence-corrected chi connectivity index (χ4v) is 2.27. The van der Waals surface area contributed by atoms with Gasteiger partial charge in [0.05, 0.1) is 18.9 Å². The molecule has 1 aliphatic heterocycles. The monoisotopic (exact) mass is 293 g/mol. The molecule has 5 heteroatoms. The first-order valence-electron chi connectivity index (χ1n) is 7.78. The molecule has 0 amide bonds. The van der Waals surface area contributed by atoms with Gasteiger partial charge in [0, 0.05) is 37.9 Å². The SMILES string of the molecule is Cc1ccc(OCCN2CCOCC2)c(CNC(C)C)n1. The first-order valence-corrected chi connectivity index (χ1v) is 7.78. The summed E-state index contributed by atoms with van der Waals surface area (Å²) in [7, 11) is 0. The molecule has 0 spiro atoms. The molecule has 0 atom stereocenters. The molecule has 0 saturated carbocycles. The van der Waals surface area contributed by atoms with Crippen LogP contribution in [0.2, 0.25) is 0 Å². The quantitative estimate of drug-likeness (QED) is 0.827. The van der Waals surface area contributed by atoms with E-state index in [0.29, 0.717) is 12.6 Å². The Morgan fingerprint density at radius 2 is 2.10 bits per heavy atom. The van der Waals surface area contributed by atoms with Gasteiger partial charge in [0.15, 0.2) is 0 Å². The third-order valence-corrected chi connectivity index (χ3v) is 3.52. The third-order valence-electron chi connectivity index (χ3n) is 3.52. The molecule has 1 saturated heterocycles. The highest BCUT2D eigenvalue weighted by Gasteiger charge is 2.11. The smallest absolute Gasteiger partial charge is 0.142 e. The van der Waals surface area contributed by atoms with E-state index in [1.54, 1.807) is 0 Å². The number of nitrogens with one attached hydrogen (secondary N) is 1. The molecule has 21 heavy (non-hydrogen) atoms. The zero-order valence-corrected chi connectivity index (χ0v) is 13.4. The van der Waals surface area contributed by atoms with Crippen LogP contribution in [-0.2, 0) is 11.3 Å². The number of morpholine rings is 1. The van der Waals surface area contributed by atoms with Crippen LogP contribution in [0.1, 0.15) is 25.2 Å². The predicted molar refractivity (Wildman–Crippen MR) is 83.7 cm³/mol. The molecule has 0 aromatic carbocycles. The van der Waals surface area contributed by atoms with Gasteiger partial charge in [0.2, 0.25) is 0 Å². The number of hydrogen-bond acceptors (Lipinski definition) is 5. The Morgan fingerprint density at radius 3 is 2.81 bits per heavy atom. The van der Waals surface area contributed by atoms with Crippen molar-refractivity contribution in [3.8, 4) is 5.75 Å². The standard InChI is InChI=1S/C16H27N3O2/c1-13(2)17-12-15-16(5-4-14(3)18-15)21-11-8-19-6-9-20-10-7-19/h4-5,13,17H,6-12H2,1-3H3. The number of nitrogens with zero attached hydrogens (tertiary/aromatic N) is 2. The lowest BCUT2D eigenvalue weighted by Gasteiger charge is -2.26. The average molecular weight is 293 g/mol. The number of aromatic nitrogens is 1. The highest BCUT2D eigenvalue weighted by atomic mass is 16.5. The van der Waals surface area contributed by atoms with Crippen molar-refractivity contribution in [2.24, 2.45) is 0 Å². The lowest BCUT2D eigenvalue weighted by Crippen LogP contribution is -2.38. The maximum Gasteiger partial charge on any atom is 0.142 e. The van der Waals surface area contributed by atoms with E-state index >= 15 is 0 Å². The van der Waals surface area contributed by atoms with Crippen molar-refractivity contribution in [1.29, 1.82) is 0 Å². The van der Waals surface area contributed by atoms with Gasteiger partial charge in [-0.1, -0.05) is 13.8 Å². The van der Waals surface area contributed by atoms with Crippen LogP contribution in [0.4, 0.5) is 0 Å². The molecule has 0 unspecified atom stereocenters. The first kappa shape index (κ1) is 16.2. The zero-order chi connectivity index (χ0) is 15.1. The molecule has 1 aliphatic rings. The van der Waals surface area contributed by atoms with Gasteiger partial charge in [0.25, 0.3) is 0 Å². The van der Waals surface area contributed by atoms with E-state index in [9.17, 15) is 0 Å². The Morgan fingerprint density at radius 1 is 1.33 bits per heavy atom. The largest absolute Gasteiger partial charge is 0.490 e. The van der Waals surface area contributed by atoms with Gasteiger partial charge in [-0.15, -0.1) is 0 Å². The van der Waals surface area contributed by atoms with Gasteiger partial charge in [-0.25, -0.2) is 0 Å². The summed E-state index contributed by atoms with van der Waals surface area (Å²) in [6.07, 6.45) is 0. The van der Waals surface area contributed by atoms with Crippen LogP contribution in [0.3, 0.4) is 0 Å². The molecule has 1 N–H and O–H groups in total. The summed E-state index contributed by atoms with van der Waals surface area (Å²) in [5.41, 5.74) is 2.02. The van der Waals surface area contributed by atoms with Gasteiger partial charge in [0.1, 0.15) is 12.4 Å². The normalized spacial score (nSPS) is 16.4. The maximum absolute atomic E-state index is 5.94. The Kier molecular flexibility index (Phi) is 6.42. The van der Waals surface area contributed by atoms with Crippen molar-refractivity contribution in [3.63, 3.8) is 0 Å². The lowest BCUT2D eigenvalue weighted by atomic mass is 10.2. The maximum atomic E-state index is 5.94. The minimum absolute atomic E-state index is 0.438. The second kappa shape index (κ2) is 8.32. The topological polar surface area (TPSA) is 46.6 Å². The summed E-state index contributed by atoms with van der Waals surface area (Å²) in [4.78, 5) is 6.96. The highest BCUT2D eigenvalue weighted by molar-refractivity contribution is 5.29. The fraction of sp³-hybridized carbons (Fsp3) is 0.688. The summed E-state index contributed by atoms with van der Waals surface area (Å²) >= 11 is 0. The van der Waals surface area contributed by atoms with E-state index < -0.39 is 0 Å². The Hall–Kier alpha value is -1.17. The Bertz CT molecular complexity index is 432. The molecule has 2 heterocycles. The fourth-order valence-electron chi connectivity index (χ4n) is 2.27. The highest BCUT2D eigenvalue weighted by Crippen LogP contribution is 2.17. The Balaban J connectivity index is 1.85. The van der Waals surface area contributed by atoms with Crippen LogP contribution in [0.25, 0.3) is 0 Å². The molecule has 1 fully saturated rings. The first-order chi connectivity index (χ1) is 10.1. The van der Waals surface area contributed by atoms with Crippen molar-refractivity contribution in [3.05, 3.63) is 23.5 Å². The van der Waals surface area contributed by atoms with Gasteiger partial charge >= 0.3 is 0 Å². The van der Waals surface area contributed by atoms with Gasteiger partial charge in [-0.3, -0.25) is 9.88 Å². The van der Waals surface area contributed by atoms with Crippen LogP contribution >= 0.6 is 0 Å². The number of hydrogen-bond donors (Lipinski definition) is 1. The molecule has 1 aromatic rings.